The molecule has 1 aromatic heterocycles. The third-order valence-electron chi connectivity index (χ3n) is 4.34. The van der Waals surface area contributed by atoms with Gasteiger partial charge in [0.05, 0.1) is 29.4 Å². The maximum absolute atomic E-state index is 12.8. The second-order valence-electron chi connectivity index (χ2n) is 6.12. The van der Waals surface area contributed by atoms with E-state index in [9.17, 15) is 13.2 Å². The molecule has 1 aliphatic heterocycles. The lowest BCUT2D eigenvalue weighted by molar-refractivity contribution is -0.130. The molecule has 9 heteroatoms. The molecule has 1 amide bonds. The number of fused-ring (bicyclic) bond motifs is 1. The first kappa shape index (κ1) is 19.1. The van der Waals surface area contributed by atoms with E-state index in [1.807, 2.05) is 24.3 Å². The summed E-state index contributed by atoms with van der Waals surface area (Å²) in [5.41, 5.74) is 0.829. The maximum Gasteiger partial charge on any atom is 0.233 e. The SMILES string of the molecule is COCCN(C(=O)CSc1ncnc2ccccc12)[C@@H]1CCS(=O)(=O)C1. The number of amides is 1. The van der Waals surface area contributed by atoms with Crippen LogP contribution in [0.2, 0.25) is 0 Å². The number of hydrogen-bond donors (Lipinski definition) is 0. The van der Waals surface area contributed by atoms with Crippen LogP contribution in [-0.2, 0) is 19.4 Å². The molecule has 0 N–H and O–H groups in total. The predicted molar refractivity (Wildman–Crippen MR) is 101 cm³/mol. The zero-order chi connectivity index (χ0) is 18.6. The van der Waals surface area contributed by atoms with Gasteiger partial charge >= 0.3 is 0 Å². The van der Waals surface area contributed by atoms with E-state index in [0.29, 0.717) is 19.6 Å². The Kier molecular flexibility index (Phi) is 6.10. The molecule has 1 saturated heterocycles. The van der Waals surface area contributed by atoms with E-state index in [-0.39, 0.29) is 29.2 Å². The Morgan fingerprint density at radius 3 is 2.88 bits per heavy atom. The monoisotopic (exact) mass is 395 g/mol. The van der Waals surface area contributed by atoms with Gasteiger partial charge in [-0.15, -0.1) is 0 Å². The van der Waals surface area contributed by atoms with E-state index in [0.717, 1.165) is 15.9 Å². The van der Waals surface area contributed by atoms with Gasteiger partial charge < -0.3 is 9.64 Å². The number of benzene rings is 1. The Labute approximate surface area is 157 Å². The van der Waals surface area contributed by atoms with Crippen LogP contribution in [0.15, 0.2) is 35.6 Å². The highest BCUT2D eigenvalue weighted by Gasteiger charge is 2.34. The average Bonchev–Trinajstić information content (AvgIpc) is 2.99. The van der Waals surface area contributed by atoms with E-state index in [2.05, 4.69) is 9.97 Å². The molecule has 3 rings (SSSR count). The topological polar surface area (TPSA) is 89.5 Å². The number of rotatable bonds is 7. The summed E-state index contributed by atoms with van der Waals surface area (Å²) in [5, 5.41) is 1.65. The number of ether oxygens (including phenoxy) is 1. The zero-order valence-corrected chi connectivity index (χ0v) is 16.1. The quantitative estimate of drug-likeness (QED) is 0.517. The fourth-order valence-electron chi connectivity index (χ4n) is 3.03. The van der Waals surface area contributed by atoms with Gasteiger partial charge in [-0.25, -0.2) is 18.4 Å². The number of aromatic nitrogens is 2. The van der Waals surface area contributed by atoms with Gasteiger partial charge in [-0.2, -0.15) is 0 Å². The van der Waals surface area contributed by atoms with Crippen LogP contribution in [0.4, 0.5) is 0 Å². The van der Waals surface area contributed by atoms with Crippen LogP contribution in [0.5, 0.6) is 0 Å². The zero-order valence-electron chi connectivity index (χ0n) is 14.5. The average molecular weight is 396 g/mol. The number of thioether (sulfide) groups is 1. The van der Waals surface area contributed by atoms with Crippen molar-refractivity contribution in [1.29, 1.82) is 0 Å². The second-order valence-corrected chi connectivity index (χ2v) is 9.31. The summed E-state index contributed by atoms with van der Waals surface area (Å²) in [5.74, 6) is 0.264. The molecule has 0 aliphatic carbocycles. The number of carbonyl (C=O) groups is 1. The van der Waals surface area contributed by atoms with Crippen molar-refractivity contribution in [3.8, 4) is 0 Å². The summed E-state index contributed by atoms with van der Waals surface area (Å²) in [4.78, 5) is 22.9. The number of carbonyl (C=O) groups excluding carboxylic acids is 1. The minimum absolute atomic E-state index is 0.0313. The van der Waals surface area contributed by atoms with Crippen LogP contribution in [0.25, 0.3) is 10.9 Å². The minimum Gasteiger partial charge on any atom is -0.383 e. The second kappa shape index (κ2) is 8.32. The largest absolute Gasteiger partial charge is 0.383 e. The Balaban J connectivity index is 1.71. The molecule has 26 heavy (non-hydrogen) atoms. The van der Waals surface area contributed by atoms with Crippen molar-refractivity contribution in [2.75, 3.05) is 37.5 Å². The van der Waals surface area contributed by atoms with Crippen molar-refractivity contribution < 1.29 is 17.9 Å². The van der Waals surface area contributed by atoms with Crippen molar-refractivity contribution in [2.45, 2.75) is 17.5 Å². The molecule has 0 saturated carbocycles. The first-order valence-electron chi connectivity index (χ1n) is 8.31. The lowest BCUT2D eigenvalue weighted by Gasteiger charge is -2.28. The molecule has 140 valence electrons. The molecular weight excluding hydrogens is 374 g/mol. The predicted octanol–water partition coefficient (Wildman–Crippen LogP) is 1.38. The molecule has 1 aromatic carbocycles. The van der Waals surface area contributed by atoms with Crippen LogP contribution in [-0.4, -0.2) is 72.8 Å². The van der Waals surface area contributed by atoms with E-state index >= 15 is 0 Å². The van der Waals surface area contributed by atoms with Crippen LogP contribution in [0, 0.1) is 0 Å². The molecule has 2 aromatic rings. The summed E-state index contributed by atoms with van der Waals surface area (Å²) < 4.78 is 28.6. The number of hydrogen-bond acceptors (Lipinski definition) is 7. The maximum atomic E-state index is 12.8. The van der Waals surface area contributed by atoms with E-state index in [1.54, 1.807) is 12.0 Å². The summed E-state index contributed by atoms with van der Waals surface area (Å²) in [7, 11) is -1.49. The molecule has 1 aliphatic rings. The number of methoxy groups -OCH3 is 1. The van der Waals surface area contributed by atoms with Gasteiger partial charge in [0.2, 0.25) is 5.91 Å². The summed E-state index contributed by atoms with van der Waals surface area (Å²) >= 11 is 1.35. The third-order valence-corrected chi connectivity index (χ3v) is 7.08. The van der Waals surface area contributed by atoms with Crippen molar-refractivity contribution in [2.24, 2.45) is 0 Å². The van der Waals surface area contributed by atoms with Crippen molar-refractivity contribution in [3.05, 3.63) is 30.6 Å². The van der Waals surface area contributed by atoms with Crippen LogP contribution in [0.3, 0.4) is 0 Å². The van der Waals surface area contributed by atoms with Gasteiger partial charge in [-0.05, 0) is 12.5 Å². The van der Waals surface area contributed by atoms with E-state index in [1.165, 1.54) is 18.1 Å². The fourth-order valence-corrected chi connectivity index (χ4v) is 5.64. The van der Waals surface area contributed by atoms with Crippen LogP contribution in [0.1, 0.15) is 6.42 Å². The molecule has 2 heterocycles. The summed E-state index contributed by atoms with van der Waals surface area (Å²) in [6.07, 6.45) is 1.97. The first-order valence-corrected chi connectivity index (χ1v) is 11.1. The fraction of sp³-hybridized carbons (Fsp3) is 0.471. The highest BCUT2D eigenvalue weighted by atomic mass is 32.2. The molecule has 1 fully saturated rings. The molecule has 0 unspecified atom stereocenters. The number of sulfone groups is 1. The molecular formula is C17H21N3O4S2. The Bertz CT molecular complexity index is 883. The molecule has 0 spiro atoms. The molecule has 7 nitrogen and oxygen atoms in total. The van der Waals surface area contributed by atoms with Crippen LogP contribution >= 0.6 is 11.8 Å². The van der Waals surface area contributed by atoms with Crippen molar-refractivity contribution in [3.63, 3.8) is 0 Å². The van der Waals surface area contributed by atoms with Gasteiger partial charge in [0.1, 0.15) is 11.4 Å². The molecule has 0 bridgehead atoms. The Morgan fingerprint density at radius 1 is 1.35 bits per heavy atom. The lowest BCUT2D eigenvalue weighted by Crippen LogP contribution is -2.44. The number of para-hydroxylation sites is 1. The number of nitrogens with zero attached hydrogens (tertiary/aromatic N) is 3. The highest BCUT2D eigenvalue weighted by Crippen LogP contribution is 2.25. The van der Waals surface area contributed by atoms with E-state index in [4.69, 9.17) is 4.74 Å². The van der Waals surface area contributed by atoms with E-state index < -0.39 is 9.84 Å². The van der Waals surface area contributed by atoms with Crippen molar-refractivity contribution >= 4 is 38.4 Å². The standard InChI is InChI=1S/C17H21N3O4S2/c1-24-8-7-20(13-6-9-26(22,23)11-13)16(21)10-25-17-14-4-2-3-5-15(14)18-12-19-17/h2-5,12-13H,6-11H2,1H3/t13-/m1/s1. The van der Waals surface area contributed by atoms with Gasteiger partial charge in [0.25, 0.3) is 0 Å². The van der Waals surface area contributed by atoms with Crippen LogP contribution < -0.4 is 0 Å². The van der Waals surface area contributed by atoms with Gasteiger partial charge in [-0.3, -0.25) is 4.79 Å². The lowest BCUT2D eigenvalue weighted by atomic mass is 10.2. The molecule has 1 atom stereocenters. The van der Waals surface area contributed by atoms with Gasteiger partial charge in [0, 0.05) is 25.1 Å². The Morgan fingerprint density at radius 2 is 2.15 bits per heavy atom. The first-order chi connectivity index (χ1) is 12.5. The smallest absolute Gasteiger partial charge is 0.233 e. The van der Waals surface area contributed by atoms with Gasteiger partial charge in [0.15, 0.2) is 9.84 Å². The normalized spacial score (nSPS) is 18.9. The highest BCUT2D eigenvalue weighted by molar-refractivity contribution is 8.00. The summed E-state index contributed by atoms with van der Waals surface area (Å²) in [6.45, 7) is 0.768. The van der Waals surface area contributed by atoms with Gasteiger partial charge in [-0.1, -0.05) is 30.0 Å². The minimum atomic E-state index is -3.06. The molecule has 0 radical (unpaired) electrons. The summed E-state index contributed by atoms with van der Waals surface area (Å²) in [6, 6.07) is 7.37. The van der Waals surface area contributed by atoms with Crippen molar-refractivity contribution in [1.82, 2.24) is 14.9 Å². The third kappa shape index (κ3) is 4.52. The Hall–Kier alpha value is -1.71.